The zero-order chi connectivity index (χ0) is 29.8. The van der Waals surface area contributed by atoms with Crippen LogP contribution in [0.15, 0.2) is 29.3 Å². The molecular formula is C24H31ClN7NaO8. The molecule has 0 spiro atoms. The molecule has 3 rings (SSSR count). The number of phenolic OH excluding ortho intramolecular Hbond substituents is 1. The van der Waals surface area contributed by atoms with Crippen molar-refractivity contribution >= 4 is 46.6 Å². The molecule has 218 valence electrons. The molecule has 0 bridgehead atoms. The molecule has 0 aliphatic carbocycles. The number of fused-ring (bicyclic) bond motifs is 1. The SMILES string of the molecule is CC(C)[C@H](N)C(=O)OCCOCn1cnc2c(=O)[nH]c(N)nc21.O=C([O-])CCCNC(=O)c1ccc(Cl)cc1O.[Na+]. The van der Waals surface area contributed by atoms with Gasteiger partial charge in [0.05, 0.1) is 18.5 Å². The summed E-state index contributed by atoms with van der Waals surface area (Å²) in [6, 6.07) is 3.49. The summed E-state index contributed by atoms with van der Waals surface area (Å²) in [5.74, 6) is -2.30. The molecule has 0 radical (unpaired) electrons. The largest absolute Gasteiger partial charge is 1.00 e. The van der Waals surface area contributed by atoms with Crippen LogP contribution in [-0.2, 0) is 25.8 Å². The van der Waals surface area contributed by atoms with E-state index in [1.165, 1.54) is 29.1 Å². The first-order valence-electron chi connectivity index (χ1n) is 12.1. The molecule has 0 saturated heterocycles. The van der Waals surface area contributed by atoms with Crippen molar-refractivity contribution in [2.45, 2.75) is 39.5 Å². The summed E-state index contributed by atoms with van der Waals surface area (Å²) in [7, 11) is 0. The van der Waals surface area contributed by atoms with Gasteiger partial charge in [-0.25, -0.2) is 4.98 Å². The van der Waals surface area contributed by atoms with Gasteiger partial charge >= 0.3 is 35.5 Å². The molecule has 3 aromatic rings. The Morgan fingerprint density at radius 1 is 1.27 bits per heavy atom. The van der Waals surface area contributed by atoms with Gasteiger partial charge in [0, 0.05) is 17.5 Å². The molecule has 0 unspecified atom stereocenters. The second kappa shape index (κ2) is 17.6. The maximum absolute atomic E-state index is 11.6. The van der Waals surface area contributed by atoms with Crippen molar-refractivity contribution in [2.24, 2.45) is 11.7 Å². The van der Waals surface area contributed by atoms with Gasteiger partial charge in [0.25, 0.3) is 11.5 Å². The zero-order valence-electron chi connectivity index (χ0n) is 22.9. The number of benzene rings is 1. The number of imidazole rings is 1. The van der Waals surface area contributed by atoms with E-state index in [0.29, 0.717) is 10.7 Å². The Morgan fingerprint density at radius 2 is 1.98 bits per heavy atom. The average Bonchev–Trinajstić information content (AvgIpc) is 3.28. The number of nitrogens with two attached hydrogens (primary N) is 2. The number of hydrogen-bond donors (Lipinski definition) is 5. The number of amides is 1. The topological polar surface area (TPSA) is 241 Å². The number of nitrogens with zero attached hydrogens (tertiary/aromatic N) is 3. The van der Waals surface area contributed by atoms with Gasteiger partial charge in [0.15, 0.2) is 11.2 Å². The monoisotopic (exact) mass is 603 g/mol. The molecule has 0 fully saturated rings. The Kier molecular flexibility index (Phi) is 15.3. The Morgan fingerprint density at radius 3 is 2.61 bits per heavy atom. The smallest absolute Gasteiger partial charge is 0.550 e. The van der Waals surface area contributed by atoms with Crippen molar-refractivity contribution in [1.82, 2.24) is 24.8 Å². The van der Waals surface area contributed by atoms with Crippen LogP contribution in [0.3, 0.4) is 0 Å². The van der Waals surface area contributed by atoms with Crippen LogP contribution in [0.25, 0.3) is 11.2 Å². The fraction of sp³-hybridized carbons (Fsp3) is 0.417. The molecular weight excluding hydrogens is 573 g/mol. The number of aromatic nitrogens is 4. The van der Waals surface area contributed by atoms with E-state index >= 15 is 0 Å². The van der Waals surface area contributed by atoms with E-state index in [4.69, 9.17) is 32.5 Å². The van der Waals surface area contributed by atoms with E-state index in [0.717, 1.165) is 0 Å². The number of H-pyrrole nitrogens is 1. The van der Waals surface area contributed by atoms with Crippen molar-refractivity contribution in [2.75, 3.05) is 25.5 Å². The van der Waals surface area contributed by atoms with Crippen LogP contribution in [0.1, 0.15) is 37.0 Å². The predicted molar refractivity (Wildman–Crippen MR) is 142 cm³/mol. The number of aliphatic carboxylic acids is 1. The van der Waals surface area contributed by atoms with Crippen LogP contribution in [0.5, 0.6) is 5.75 Å². The molecule has 7 N–H and O–H groups in total. The first-order chi connectivity index (χ1) is 18.9. The number of halogens is 1. The fourth-order valence-corrected chi connectivity index (χ4v) is 3.19. The zero-order valence-corrected chi connectivity index (χ0v) is 25.6. The number of anilines is 1. The van der Waals surface area contributed by atoms with Crippen molar-refractivity contribution in [3.05, 3.63) is 45.5 Å². The Balaban J connectivity index is 0.000000419. The number of carboxylic acids is 1. The molecule has 2 heterocycles. The predicted octanol–water partition coefficient (Wildman–Crippen LogP) is -3.49. The number of carboxylic acid groups (broad SMARTS) is 1. The minimum absolute atomic E-state index is 0. The van der Waals surface area contributed by atoms with Crippen LogP contribution >= 0.6 is 11.6 Å². The number of carbonyl (C=O) groups is 3. The van der Waals surface area contributed by atoms with Gasteiger partial charge in [-0.1, -0.05) is 25.4 Å². The van der Waals surface area contributed by atoms with Crippen molar-refractivity contribution in [3.8, 4) is 5.75 Å². The summed E-state index contributed by atoms with van der Waals surface area (Å²) in [5, 5.41) is 22.4. The van der Waals surface area contributed by atoms with E-state index < -0.39 is 29.4 Å². The number of hydrogen-bond acceptors (Lipinski definition) is 12. The van der Waals surface area contributed by atoms with Gasteiger partial charge < -0.3 is 41.3 Å². The minimum atomic E-state index is -1.16. The number of rotatable bonds is 12. The number of aromatic hydroxyl groups is 1. The maximum atomic E-state index is 11.6. The number of nitrogen functional groups attached to an aromatic ring is 1. The number of phenols is 1. The Bertz CT molecular complexity index is 1380. The molecule has 1 aromatic carbocycles. The molecule has 0 saturated carbocycles. The summed E-state index contributed by atoms with van der Waals surface area (Å²) in [5.41, 5.74) is 11.3. The molecule has 15 nitrogen and oxygen atoms in total. The quantitative estimate of drug-likeness (QED) is 0.0770. The van der Waals surface area contributed by atoms with Gasteiger partial charge in [0.1, 0.15) is 25.1 Å². The second-order valence-electron chi connectivity index (χ2n) is 8.71. The van der Waals surface area contributed by atoms with Gasteiger partial charge in [0.2, 0.25) is 5.95 Å². The molecule has 0 aliphatic rings. The third-order valence-corrected chi connectivity index (χ3v) is 5.47. The average molecular weight is 604 g/mol. The standard InChI is InChI=1S/C13H20N6O4.C11H12ClNO4.Na/c1-7(2)8(14)12(21)23-4-3-22-6-19-5-16-9-10(19)17-13(15)18-11(9)20;12-7-3-4-8(9(14)6-7)11(17)13-5-1-2-10(15)16;/h5,7-8H,3-4,6,14H2,1-2H3,(H3,15,17,18,20);3-4,6,14H,1-2,5H2,(H,13,17)(H,15,16);/q;;+1/p-1/t8-;;/m0../s1. The summed E-state index contributed by atoms with van der Waals surface area (Å²) in [6.45, 7) is 4.24. The van der Waals surface area contributed by atoms with Gasteiger partial charge in [-0.3, -0.25) is 23.9 Å². The molecule has 41 heavy (non-hydrogen) atoms. The third kappa shape index (κ3) is 11.7. The Hall–Kier alpha value is -3.21. The van der Waals surface area contributed by atoms with Crippen molar-refractivity contribution in [1.29, 1.82) is 0 Å². The summed E-state index contributed by atoms with van der Waals surface area (Å²) in [6.07, 6.45) is 1.59. The van der Waals surface area contributed by atoms with Crippen molar-refractivity contribution in [3.63, 3.8) is 0 Å². The fourth-order valence-electron chi connectivity index (χ4n) is 3.02. The third-order valence-electron chi connectivity index (χ3n) is 5.23. The normalized spacial score (nSPS) is 11.2. The van der Waals surface area contributed by atoms with Gasteiger partial charge in [-0.2, -0.15) is 4.98 Å². The van der Waals surface area contributed by atoms with Crippen LogP contribution in [0.4, 0.5) is 5.95 Å². The van der Waals surface area contributed by atoms with Crippen LogP contribution in [0, 0.1) is 5.92 Å². The number of ether oxygens (including phenoxy) is 2. The number of esters is 1. The molecule has 1 atom stereocenters. The molecule has 0 aliphatic heterocycles. The number of aromatic amines is 1. The van der Waals surface area contributed by atoms with Crippen LogP contribution in [-0.4, -0.2) is 68.3 Å². The Labute approximate surface area is 261 Å². The number of carbonyl (C=O) groups excluding carboxylic acids is 3. The van der Waals surface area contributed by atoms with E-state index in [-0.39, 0.29) is 97.6 Å². The molecule has 17 heteroatoms. The van der Waals surface area contributed by atoms with Crippen LogP contribution in [0.2, 0.25) is 5.02 Å². The summed E-state index contributed by atoms with van der Waals surface area (Å²) < 4.78 is 11.9. The van der Waals surface area contributed by atoms with E-state index in [1.54, 1.807) is 0 Å². The van der Waals surface area contributed by atoms with E-state index in [2.05, 4.69) is 20.3 Å². The second-order valence-corrected chi connectivity index (χ2v) is 9.14. The van der Waals surface area contributed by atoms with Gasteiger partial charge in [-0.05, 0) is 37.0 Å². The van der Waals surface area contributed by atoms with Crippen molar-refractivity contribution < 1.29 is 63.6 Å². The summed E-state index contributed by atoms with van der Waals surface area (Å²) in [4.78, 5) is 55.2. The molecule has 2 aromatic heterocycles. The molecule has 1 amide bonds. The first kappa shape index (κ1) is 35.8. The van der Waals surface area contributed by atoms with E-state index in [1.807, 2.05) is 13.8 Å². The number of nitrogens with one attached hydrogen (secondary N) is 2. The van der Waals surface area contributed by atoms with Crippen LogP contribution < -0.4 is 57.0 Å². The minimum Gasteiger partial charge on any atom is -0.550 e. The first-order valence-corrected chi connectivity index (χ1v) is 12.5. The maximum Gasteiger partial charge on any atom is 1.00 e. The van der Waals surface area contributed by atoms with Gasteiger partial charge in [-0.15, -0.1) is 0 Å². The van der Waals surface area contributed by atoms with E-state index in [9.17, 15) is 29.4 Å². The summed E-state index contributed by atoms with van der Waals surface area (Å²) >= 11 is 5.62.